The molecule has 0 aliphatic rings. The summed E-state index contributed by atoms with van der Waals surface area (Å²) in [6, 6.07) is 14.6. The number of Topliss-reactive ketones (excluding diaryl/α,β-unsaturated/α-hetero) is 1. The normalized spacial score (nSPS) is 11.2. The lowest BCUT2D eigenvalue weighted by molar-refractivity contribution is 0.102. The summed E-state index contributed by atoms with van der Waals surface area (Å²) in [7, 11) is 0. The van der Waals surface area contributed by atoms with E-state index >= 15 is 0 Å². The average molecular weight is 433 g/mol. The van der Waals surface area contributed by atoms with Crippen molar-refractivity contribution < 1.29 is 4.79 Å². The summed E-state index contributed by atoms with van der Waals surface area (Å²) in [5.74, 6) is 0.480. The summed E-state index contributed by atoms with van der Waals surface area (Å²) in [5.41, 5.74) is 6.77. The lowest BCUT2D eigenvalue weighted by atomic mass is 10.0. The predicted octanol–water partition coefficient (Wildman–Crippen LogP) is 6.82. The van der Waals surface area contributed by atoms with E-state index in [-0.39, 0.29) is 5.78 Å². The van der Waals surface area contributed by atoms with Crippen LogP contribution in [0.2, 0.25) is 0 Å². The highest BCUT2D eigenvalue weighted by atomic mass is 32.2. The number of fused-ring (bicyclic) bond motifs is 1. The Morgan fingerprint density at radius 1 is 1.00 bits per heavy atom. The number of hydrogen-bond donors (Lipinski definition) is 0. The Morgan fingerprint density at radius 2 is 1.77 bits per heavy atom. The van der Waals surface area contributed by atoms with Crippen LogP contribution < -0.4 is 0 Å². The molecule has 0 saturated heterocycles. The molecule has 4 rings (SSSR count). The maximum atomic E-state index is 12.8. The highest BCUT2D eigenvalue weighted by Gasteiger charge is 2.18. The maximum Gasteiger partial charge on any atom is 0.173 e. The lowest BCUT2D eigenvalue weighted by Crippen LogP contribution is -2.03. The Kier molecular flexibility index (Phi) is 6.02. The fourth-order valence-corrected chi connectivity index (χ4v) is 5.49. The van der Waals surface area contributed by atoms with E-state index in [1.165, 1.54) is 38.9 Å². The van der Waals surface area contributed by atoms with Gasteiger partial charge in [-0.25, -0.2) is 9.97 Å². The van der Waals surface area contributed by atoms with Crippen molar-refractivity contribution in [2.45, 2.75) is 39.1 Å². The molecule has 4 aromatic rings. The lowest BCUT2D eigenvalue weighted by Gasteiger charge is -2.08. The molecule has 0 saturated carbocycles. The molecule has 2 aromatic heterocycles. The molecule has 30 heavy (non-hydrogen) atoms. The van der Waals surface area contributed by atoms with Crippen LogP contribution in [0.4, 0.5) is 0 Å². The van der Waals surface area contributed by atoms with Gasteiger partial charge in [-0.1, -0.05) is 55.1 Å². The zero-order chi connectivity index (χ0) is 21.3. The monoisotopic (exact) mass is 432 g/mol. The van der Waals surface area contributed by atoms with E-state index in [0.717, 1.165) is 32.8 Å². The molecular weight excluding hydrogens is 408 g/mol. The summed E-state index contributed by atoms with van der Waals surface area (Å²) < 4.78 is 0. The van der Waals surface area contributed by atoms with Crippen molar-refractivity contribution in [3.63, 3.8) is 0 Å². The highest BCUT2D eigenvalue weighted by Crippen LogP contribution is 2.41. The van der Waals surface area contributed by atoms with Gasteiger partial charge in [0.25, 0.3) is 0 Å². The van der Waals surface area contributed by atoms with Gasteiger partial charge in [-0.15, -0.1) is 11.3 Å². The zero-order valence-electron chi connectivity index (χ0n) is 17.7. The third-order valence-corrected chi connectivity index (χ3v) is 7.45. The van der Waals surface area contributed by atoms with E-state index in [2.05, 4.69) is 55.0 Å². The Hall–Kier alpha value is -2.50. The second kappa shape index (κ2) is 8.70. The van der Waals surface area contributed by atoms with Crippen LogP contribution in [-0.4, -0.2) is 21.5 Å². The van der Waals surface area contributed by atoms with Gasteiger partial charge in [0.15, 0.2) is 5.78 Å². The number of hydrogen-bond acceptors (Lipinski definition) is 5. The van der Waals surface area contributed by atoms with E-state index in [1.807, 2.05) is 25.1 Å². The van der Waals surface area contributed by atoms with Gasteiger partial charge in [0.2, 0.25) is 0 Å². The number of benzene rings is 2. The van der Waals surface area contributed by atoms with Crippen LogP contribution in [0.15, 0.2) is 53.8 Å². The number of rotatable bonds is 6. The van der Waals surface area contributed by atoms with Crippen LogP contribution in [0.5, 0.6) is 0 Å². The van der Waals surface area contributed by atoms with E-state index in [0.29, 0.717) is 5.75 Å². The van der Waals surface area contributed by atoms with Crippen LogP contribution >= 0.6 is 23.1 Å². The first-order valence-corrected chi connectivity index (χ1v) is 11.8. The summed E-state index contributed by atoms with van der Waals surface area (Å²) in [6.45, 7) is 8.39. The Bertz CT molecular complexity index is 1230. The van der Waals surface area contributed by atoms with Crippen molar-refractivity contribution in [1.82, 2.24) is 9.97 Å². The number of aryl methyl sites for hydroxylation is 4. The van der Waals surface area contributed by atoms with E-state index in [4.69, 9.17) is 0 Å². The predicted molar refractivity (Wildman–Crippen MR) is 128 cm³/mol. The number of ketones is 1. The number of thioether (sulfide) groups is 1. The van der Waals surface area contributed by atoms with Gasteiger partial charge in [-0.3, -0.25) is 4.79 Å². The molecule has 5 heteroatoms. The molecule has 0 bridgehead atoms. The van der Waals surface area contributed by atoms with E-state index < -0.39 is 0 Å². The molecule has 152 valence electrons. The van der Waals surface area contributed by atoms with Gasteiger partial charge in [0.05, 0.1) is 11.1 Å². The first kappa shape index (κ1) is 20.8. The zero-order valence-corrected chi connectivity index (χ0v) is 19.3. The fraction of sp³-hybridized carbons (Fsp3) is 0.240. The number of thiophene rings is 1. The van der Waals surface area contributed by atoms with Crippen molar-refractivity contribution in [3.8, 4) is 11.1 Å². The van der Waals surface area contributed by atoms with Crippen molar-refractivity contribution in [3.05, 3.63) is 75.9 Å². The number of nitrogens with zero attached hydrogens (tertiary/aromatic N) is 2. The highest BCUT2D eigenvalue weighted by molar-refractivity contribution is 8.00. The van der Waals surface area contributed by atoms with Crippen molar-refractivity contribution in [2.75, 3.05) is 5.75 Å². The molecule has 0 amide bonds. The van der Waals surface area contributed by atoms with Gasteiger partial charge < -0.3 is 0 Å². The van der Waals surface area contributed by atoms with Crippen LogP contribution in [0.3, 0.4) is 0 Å². The first-order valence-electron chi connectivity index (χ1n) is 10.0. The third-order valence-electron chi connectivity index (χ3n) is 5.45. The molecule has 0 spiro atoms. The van der Waals surface area contributed by atoms with Gasteiger partial charge in [0.1, 0.15) is 16.2 Å². The van der Waals surface area contributed by atoms with Crippen LogP contribution in [-0.2, 0) is 6.42 Å². The minimum absolute atomic E-state index is 0.121. The van der Waals surface area contributed by atoms with Gasteiger partial charge in [-0.2, -0.15) is 0 Å². The molecule has 0 aliphatic heterocycles. The van der Waals surface area contributed by atoms with Crippen molar-refractivity contribution in [1.29, 1.82) is 0 Å². The summed E-state index contributed by atoms with van der Waals surface area (Å²) >= 11 is 3.18. The fourth-order valence-electron chi connectivity index (χ4n) is 3.51. The number of carbonyl (C=O) groups is 1. The van der Waals surface area contributed by atoms with E-state index in [1.54, 1.807) is 17.7 Å². The Morgan fingerprint density at radius 3 is 2.47 bits per heavy atom. The smallest absolute Gasteiger partial charge is 0.173 e. The van der Waals surface area contributed by atoms with Gasteiger partial charge in [0, 0.05) is 16.0 Å². The van der Waals surface area contributed by atoms with Crippen molar-refractivity contribution in [2.24, 2.45) is 0 Å². The van der Waals surface area contributed by atoms with Crippen molar-refractivity contribution >= 4 is 39.1 Å². The average Bonchev–Trinajstić information content (AvgIpc) is 3.10. The molecule has 0 fully saturated rings. The number of aromatic nitrogens is 2. The SMILES string of the molecule is CCc1ccc(-c2c(C)sc3ncnc(SCC(=O)c4ccc(C)c(C)c4)c23)cc1. The second-order valence-corrected chi connectivity index (χ2v) is 9.62. The van der Waals surface area contributed by atoms with Crippen LogP contribution in [0.25, 0.3) is 21.3 Å². The van der Waals surface area contributed by atoms with Crippen LogP contribution in [0.1, 0.15) is 38.8 Å². The minimum Gasteiger partial charge on any atom is -0.293 e. The molecule has 2 aromatic carbocycles. The molecule has 0 atom stereocenters. The molecule has 0 radical (unpaired) electrons. The first-order chi connectivity index (χ1) is 14.5. The summed E-state index contributed by atoms with van der Waals surface area (Å²) in [6.07, 6.45) is 2.62. The molecule has 0 N–H and O–H groups in total. The standard InChI is InChI=1S/C25H24N2OS2/c1-5-18-7-10-19(11-8-18)22-17(4)30-25-23(22)24(26-14-27-25)29-13-21(28)20-9-6-15(2)16(3)12-20/h6-12,14H,5,13H2,1-4H3. The summed E-state index contributed by atoms with van der Waals surface area (Å²) in [5, 5.41) is 1.93. The molecule has 2 heterocycles. The second-order valence-electron chi connectivity index (χ2n) is 7.45. The van der Waals surface area contributed by atoms with Crippen LogP contribution in [0, 0.1) is 20.8 Å². The summed E-state index contributed by atoms with van der Waals surface area (Å²) in [4.78, 5) is 24.0. The third kappa shape index (κ3) is 4.05. The largest absolute Gasteiger partial charge is 0.293 e. The topological polar surface area (TPSA) is 42.9 Å². The maximum absolute atomic E-state index is 12.8. The molecule has 0 unspecified atom stereocenters. The molecular formula is C25H24N2OS2. The Balaban J connectivity index is 1.67. The Labute approximate surface area is 185 Å². The minimum atomic E-state index is 0.121. The van der Waals surface area contributed by atoms with Gasteiger partial charge >= 0.3 is 0 Å². The van der Waals surface area contributed by atoms with Gasteiger partial charge in [-0.05, 0) is 55.5 Å². The number of carbonyl (C=O) groups excluding carboxylic acids is 1. The molecule has 3 nitrogen and oxygen atoms in total. The quantitative estimate of drug-likeness (QED) is 0.190. The molecule has 0 aliphatic carbocycles. The van der Waals surface area contributed by atoms with E-state index in [9.17, 15) is 4.79 Å².